The SMILES string of the molecule is COc1ccccc1NC(=O)C1=C(C)NC2=C(C(=O)CC(c3ccc(OC)c(OC)c3)C2)C1c1ccc(F)cc1. The Labute approximate surface area is 232 Å². The molecular formula is C32H31FN2O5. The topological polar surface area (TPSA) is 85.9 Å². The van der Waals surface area contributed by atoms with Crippen LogP contribution < -0.4 is 24.8 Å². The Balaban J connectivity index is 1.54. The molecule has 2 aliphatic rings. The molecule has 8 heteroatoms. The lowest BCUT2D eigenvalue weighted by Crippen LogP contribution is -2.37. The minimum Gasteiger partial charge on any atom is -0.495 e. The van der Waals surface area contributed by atoms with Crippen LogP contribution in [-0.4, -0.2) is 33.0 Å². The molecule has 5 rings (SSSR count). The number of allylic oxidation sites excluding steroid dienone is 3. The van der Waals surface area contributed by atoms with Crippen LogP contribution in [-0.2, 0) is 9.59 Å². The van der Waals surface area contributed by atoms with Crippen LogP contribution >= 0.6 is 0 Å². The summed E-state index contributed by atoms with van der Waals surface area (Å²) in [7, 11) is 4.69. The Morgan fingerprint density at radius 1 is 0.875 bits per heavy atom. The summed E-state index contributed by atoms with van der Waals surface area (Å²) in [6.07, 6.45) is 0.821. The lowest BCUT2D eigenvalue weighted by atomic mass is 9.71. The number of methoxy groups -OCH3 is 3. The van der Waals surface area contributed by atoms with E-state index in [4.69, 9.17) is 14.2 Å². The normalized spacial score (nSPS) is 18.6. The van der Waals surface area contributed by atoms with Gasteiger partial charge in [0.2, 0.25) is 0 Å². The molecular weight excluding hydrogens is 511 g/mol. The summed E-state index contributed by atoms with van der Waals surface area (Å²) in [5, 5.41) is 6.32. The first-order valence-electron chi connectivity index (χ1n) is 13.0. The summed E-state index contributed by atoms with van der Waals surface area (Å²) in [5.74, 6) is 0.140. The Bertz CT molecular complexity index is 1530. The van der Waals surface area contributed by atoms with E-state index in [1.54, 1.807) is 44.6 Å². The maximum Gasteiger partial charge on any atom is 0.254 e. The number of benzene rings is 3. The Kier molecular flexibility index (Phi) is 7.60. The summed E-state index contributed by atoms with van der Waals surface area (Å²) in [4.78, 5) is 27.7. The van der Waals surface area contributed by atoms with Gasteiger partial charge >= 0.3 is 0 Å². The summed E-state index contributed by atoms with van der Waals surface area (Å²) in [6, 6.07) is 18.8. The van der Waals surface area contributed by atoms with Crippen LogP contribution in [0.3, 0.4) is 0 Å². The second-order valence-electron chi connectivity index (χ2n) is 9.84. The molecule has 0 saturated carbocycles. The molecule has 0 saturated heterocycles. The minimum absolute atomic E-state index is 0.0713. The first-order valence-corrected chi connectivity index (χ1v) is 13.0. The van der Waals surface area contributed by atoms with E-state index in [-0.39, 0.29) is 24.0 Å². The molecule has 0 aromatic heterocycles. The number of halogens is 1. The van der Waals surface area contributed by atoms with Gasteiger partial charge in [-0.1, -0.05) is 30.3 Å². The van der Waals surface area contributed by atoms with Gasteiger partial charge in [0, 0.05) is 34.9 Å². The number of nitrogens with one attached hydrogen (secondary N) is 2. The summed E-state index contributed by atoms with van der Waals surface area (Å²) in [5.41, 5.74) is 4.44. The molecule has 3 aromatic carbocycles. The standard InChI is InChI=1S/C32H31FN2O5/c1-18-29(32(37)35-23-7-5-6-8-26(23)38-2)30(19-9-12-22(33)13-10-19)31-24(34-18)15-21(16-25(31)36)20-11-14-27(39-3)28(17-20)40-4/h5-14,17,21,30,34H,15-16H2,1-4H3,(H,35,37). The van der Waals surface area contributed by atoms with Crippen molar-refractivity contribution < 1.29 is 28.2 Å². The van der Waals surface area contributed by atoms with Gasteiger partial charge in [-0.05, 0) is 66.8 Å². The van der Waals surface area contributed by atoms with E-state index in [9.17, 15) is 14.0 Å². The molecule has 7 nitrogen and oxygen atoms in total. The van der Waals surface area contributed by atoms with E-state index in [2.05, 4.69) is 10.6 Å². The highest BCUT2D eigenvalue weighted by Crippen LogP contribution is 2.46. The molecule has 40 heavy (non-hydrogen) atoms. The van der Waals surface area contributed by atoms with Gasteiger partial charge in [-0.3, -0.25) is 9.59 Å². The molecule has 3 aromatic rings. The van der Waals surface area contributed by atoms with Crippen LogP contribution in [0.5, 0.6) is 17.2 Å². The summed E-state index contributed by atoms with van der Waals surface area (Å²) >= 11 is 0. The van der Waals surface area contributed by atoms with Crippen LogP contribution in [0.2, 0.25) is 0 Å². The Morgan fingerprint density at radius 3 is 2.25 bits per heavy atom. The Hall–Kier alpha value is -4.59. The number of rotatable bonds is 7. The van der Waals surface area contributed by atoms with Gasteiger partial charge in [-0.2, -0.15) is 0 Å². The van der Waals surface area contributed by atoms with Gasteiger partial charge in [-0.15, -0.1) is 0 Å². The zero-order valence-electron chi connectivity index (χ0n) is 22.8. The van der Waals surface area contributed by atoms with E-state index in [1.165, 1.54) is 19.2 Å². The number of para-hydroxylation sites is 2. The second-order valence-corrected chi connectivity index (χ2v) is 9.84. The van der Waals surface area contributed by atoms with Crippen LogP contribution in [0.4, 0.5) is 10.1 Å². The van der Waals surface area contributed by atoms with Crippen LogP contribution in [0, 0.1) is 5.82 Å². The lowest BCUT2D eigenvalue weighted by Gasteiger charge is -2.37. The number of ketones is 1. The van der Waals surface area contributed by atoms with Crippen molar-refractivity contribution in [3.05, 3.63) is 106 Å². The smallest absolute Gasteiger partial charge is 0.254 e. The van der Waals surface area contributed by atoms with Crippen molar-refractivity contribution in [3.63, 3.8) is 0 Å². The molecule has 0 bridgehead atoms. The van der Waals surface area contributed by atoms with E-state index in [1.807, 2.05) is 31.2 Å². The highest BCUT2D eigenvalue weighted by molar-refractivity contribution is 6.10. The number of hydrogen-bond acceptors (Lipinski definition) is 6. The third-order valence-corrected chi connectivity index (χ3v) is 7.51. The van der Waals surface area contributed by atoms with Crippen LogP contribution in [0.1, 0.15) is 42.7 Å². The van der Waals surface area contributed by atoms with Crippen molar-refractivity contribution in [2.75, 3.05) is 26.6 Å². The van der Waals surface area contributed by atoms with Crippen LogP contribution in [0.15, 0.2) is 89.3 Å². The van der Waals surface area contributed by atoms with Gasteiger partial charge in [0.25, 0.3) is 5.91 Å². The predicted molar refractivity (Wildman–Crippen MR) is 150 cm³/mol. The third-order valence-electron chi connectivity index (χ3n) is 7.51. The average molecular weight is 543 g/mol. The first-order chi connectivity index (χ1) is 19.3. The molecule has 1 amide bonds. The van der Waals surface area contributed by atoms with Crippen molar-refractivity contribution in [2.45, 2.75) is 31.6 Å². The highest BCUT2D eigenvalue weighted by atomic mass is 19.1. The van der Waals surface area contributed by atoms with Gasteiger partial charge in [0.05, 0.1) is 27.0 Å². The van der Waals surface area contributed by atoms with Crippen molar-refractivity contribution in [1.82, 2.24) is 5.32 Å². The number of Topliss-reactive ketones (excluding diaryl/α,β-unsaturated/α-hetero) is 1. The van der Waals surface area contributed by atoms with E-state index in [0.29, 0.717) is 51.8 Å². The molecule has 2 N–H and O–H groups in total. The zero-order chi connectivity index (χ0) is 28.4. The summed E-state index contributed by atoms with van der Waals surface area (Å²) in [6.45, 7) is 1.82. The van der Waals surface area contributed by atoms with Crippen molar-refractivity contribution in [2.24, 2.45) is 0 Å². The van der Waals surface area contributed by atoms with Gasteiger partial charge in [0.1, 0.15) is 11.6 Å². The quantitative estimate of drug-likeness (QED) is 0.390. The molecule has 1 aliphatic heterocycles. The number of dihydropyridines is 1. The molecule has 1 aliphatic carbocycles. The number of carbonyl (C=O) groups excluding carboxylic acids is 2. The Morgan fingerprint density at radius 2 is 1.55 bits per heavy atom. The fraction of sp³-hybridized carbons (Fsp3) is 0.250. The number of amides is 1. The summed E-state index contributed by atoms with van der Waals surface area (Å²) < 4.78 is 30.2. The van der Waals surface area contributed by atoms with Crippen molar-refractivity contribution in [1.29, 1.82) is 0 Å². The maximum absolute atomic E-state index is 13.9. The van der Waals surface area contributed by atoms with E-state index < -0.39 is 11.7 Å². The van der Waals surface area contributed by atoms with Crippen molar-refractivity contribution in [3.8, 4) is 17.2 Å². The van der Waals surface area contributed by atoms with Gasteiger partial charge in [-0.25, -0.2) is 4.39 Å². The number of ether oxygens (including phenoxy) is 3. The molecule has 2 unspecified atom stereocenters. The molecule has 206 valence electrons. The average Bonchev–Trinajstić information content (AvgIpc) is 2.96. The zero-order valence-corrected chi connectivity index (χ0v) is 22.8. The number of carbonyl (C=O) groups is 2. The number of anilines is 1. The highest BCUT2D eigenvalue weighted by Gasteiger charge is 2.41. The number of hydrogen-bond donors (Lipinski definition) is 2. The second kappa shape index (κ2) is 11.3. The molecule has 0 radical (unpaired) electrons. The largest absolute Gasteiger partial charge is 0.495 e. The molecule has 2 atom stereocenters. The molecule has 1 heterocycles. The van der Waals surface area contributed by atoms with E-state index >= 15 is 0 Å². The fourth-order valence-electron chi connectivity index (χ4n) is 5.61. The maximum atomic E-state index is 13.9. The lowest BCUT2D eigenvalue weighted by molar-refractivity contribution is -0.116. The third kappa shape index (κ3) is 5.04. The van der Waals surface area contributed by atoms with Gasteiger partial charge < -0.3 is 24.8 Å². The predicted octanol–water partition coefficient (Wildman–Crippen LogP) is 5.85. The van der Waals surface area contributed by atoms with Crippen LogP contribution in [0.25, 0.3) is 0 Å². The van der Waals surface area contributed by atoms with Crippen molar-refractivity contribution >= 4 is 17.4 Å². The van der Waals surface area contributed by atoms with Gasteiger partial charge in [0.15, 0.2) is 17.3 Å². The molecule has 0 fully saturated rings. The molecule has 0 spiro atoms. The first kappa shape index (κ1) is 27.0. The fourth-order valence-corrected chi connectivity index (χ4v) is 5.61. The van der Waals surface area contributed by atoms with E-state index in [0.717, 1.165) is 11.3 Å². The minimum atomic E-state index is -0.662. The monoisotopic (exact) mass is 542 g/mol.